The number of aryl methyl sites for hydroxylation is 1. The molecule has 4 rings (SSSR count). The normalized spacial score (nSPS) is 14.0. The molecule has 1 fully saturated rings. The van der Waals surface area contributed by atoms with Crippen LogP contribution in [0.5, 0.6) is 0 Å². The molecule has 2 aromatic carbocycles. The fraction of sp³-hybridized carbons (Fsp3) is 0.250. The Morgan fingerprint density at radius 2 is 1.50 bits per heavy atom. The number of halogens is 1. The van der Waals surface area contributed by atoms with E-state index in [1.54, 1.807) is 52.3 Å². The first kappa shape index (κ1) is 19.9. The van der Waals surface area contributed by atoms with Gasteiger partial charge < -0.3 is 14.2 Å². The molecule has 5 nitrogen and oxygen atoms in total. The predicted octanol–water partition coefficient (Wildman–Crippen LogP) is 4.00. The Kier molecular flexibility index (Phi) is 5.93. The standard InChI is InChI=1S/C24H23FN2O3/c25-21-9-5-4-8-20(21)22-12-10-19(30-22)11-13-23(28)26-14-16-27(17-15-26)24(29)18-6-2-1-3-7-18/h1-10,12H,11,13-17H2. The number of hydrogen-bond donors (Lipinski definition) is 0. The monoisotopic (exact) mass is 406 g/mol. The van der Waals surface area contributed by atoms with Gasteiger partial charge in [0.25, 0.3) is 5.91 Å². The highest BCUT2D eigenvalue weighted by molar-refractivity contribution is 5.94. The van der Waals surface area contributed by atoms with Gasteiger partial charge in [0.05, 0.1) is 5.56 Å². The lowest BCUT2D eigenvalue weighted by Gasteiger charge is -2.34. The van der Waals surface area contributed by atoms with Crippen molar-refractivity contribution in [3.8, 4) is 11.3 Å². The van der Waals surface area contributed by atoms with Gasteiger partial charge in [-0.05, 0) is 36.4 Å². The maximum Gasteiger partial charge on any atom is 0.253 e. The van der Waals surface area contributed by atoms with Gasteiger partial charge in [0, 0.05) is 44.6 Å². The molecule has 0 bridgehead atoms. The third kappa shape index (κ3) is 4.43. The van der Waals surface area contributed by atoms with Gasteiger partial charge in [-0.2, -0.15) is 0 Å². The van der Waals surface area contributed by atoms with Gasteiger partial charge in [-0.1, -0.05) is 30.3 Å². The van der Waals surface area contributed by atoms with E-state index in [0.717, 1.165) is 0 Å². The van der Waals surface area contributed by atoms with Crippen molar-refractivity contribution in [2.24, 2.45) is 0 Å². The first-order valence-corrected chi connectivity index (χ1v) is 10.1. The fourth-order valence-electron chi connectivity index (χ4n) is 3.63. The molecule has 0 saturated carbocycles. The maximum absolute atomic E-state index is 13.9. The Balaban J connectivity index is 1.28. The zero-order chi connectivity index (χ0) is 20.9. The van der Waals surface area contributed by atoms with E-state index in [4.69, 9.17) is 4.42 Å². The van der Waals surface area contributed by atoms with Crippen LogP contribution in [0.1, 0.15) is 22.5 Å². The van der Waals surface area contributed by atoms with Crippen molar-refractivity contribution in [3.63, 3.8) is 0 Å². The van der Waals surface area contributed by atoms with Crippen LogP contribution in [0.25, 0.3) is 11.3 Å². The summed E-state index contributed by atoms with van der Waals surface area (Å²) >= 11 is 0. The van der Waals surface area contributed by atoms with E-state index in [1.807, 2.05) is 18.2 Å². The Labute approximate surface area is 174 Å². The molecule has 0 radical (unpaired) electrons. The second kappa shape index (κ2) is 8.95. The first-order valence-electron chi connectivity index (χ1n) is 10.1. The van der Waals surface area contributed by atoms with Crippen molar-refractivity contribution in [2.45, 2.75) is 12.8 Å². The van der Waals surface area contributed by atoms with Crippen LogP contribution in [0.4, 0.5) is 4.39 Å². The maximum atomic E-state index is 13.9. The summed E-state index contributed by atoms with van der Waals surface area (Å²) in [5, 5.41) is 0. The van der Waals surface area contributed by atoms with Crippen molar-refractivity contribution in [2.75, 3.05) is 26.2 Å². The number of carbonyl (C=O) groups excluding carboxylic acids is 2. The fourth-order valence-corrected chi connectivity index (χ4v) is 3.63. The summed E-state index contributed by atoms with van der Waals surface area (Å²) < 4.78 is 19.6. The van der Waals surface area contributed by atoms with Crippen molar-refractivity contribution >= 4 is 11.8 Å². The third-order valence-electron chi connectivity index (χ3n) is 5.33. The number of benzene rings is 2. The number of hydrogen-bond acceptors (Lipinski definition) is 3. The van der Waals surface area contributed by atoms with Crippen LogP contribution in [0.2, 0.25) is 0 Å². The first-order chi connectivity index (χ1) is 14.6. The Morgan fingerprint density at radius 3 is 2.23 bits per heavy atom. The lowest BCUT2D eigenvalue weighted by atomic mass is 10.1. The van der Waals surface area contributed by atoms with E-state index < -0.39 is 0 Å². The molecule has 1 aromatic heterocycles. The van der Waals surface area contributed by atoms with Gasteiger partial charge >= 0.3 is 0 Å². The molecule has 1 aliphatic rings. The molecule has 3 aromatic rings. The van der Waals surface area contributed by atoms with Crippen LogP contribution >= 0.6 is 0 Å². The number of furan rings is 1. The lowest BCUT2D eigenvalue weighted by molar-refractivity contribution is -0.132. The molecule has 1 saturated heterocycles. The van der Waals surface area contributed by atoms with E-state index in [2.05, 4.69) is 0 Å². The van der Waals surface area contributed by atoms with E-state index in [1.165, 1.54) is 6.07 Å². The van der Waals surface area contributed by atoms with Crippen molar-refractivity contribution in [3.05, 3.63) is 83.9 Å². The van der Waals surface area contributed by atoms with Crippen LogP contribution in [0, 0.1) is 5.82 Å². The molecule has 154 valence electrons. The second-order valence-electron chi connectivity index (χ2n) is 7.28. The average Bonchev–Trinajstić information content (AvgIpc) is 3.27. The summed E-state index contributed by atoms with van der Waals surface area (Å²) in [6.07, 6.45) is 0.771. The number of piperazine rings is 1. The summed E-state index contributed by atoms with van der Waals surface area (Å²) in [6.45, 7) is 2.10. The number of carbonyl (C=O) groups is 2. The van der Waals surface area contributed by atoms with Crippen LogP contribution in [-0.2, 0) is 11.2 Å². The van der Waals surface area contributed by atoms with Gasteiger partial charge in [-0.3, -0.25) is 9.59 Å². The lowest BCUT2D eigenvalue weighted by Crippen LogP contribution is -2.50. The van der Waals surface area contributed by atoms with Crippen molar-refractivity contribution in [1.82, 2.24) is 9.80 Å². The Bertz CT molecular complexity index is 1020. The minimum Gasteiger partial charge on any atom is -0.461 e. The summed E-state index contributed by atoms with van der Waals surface area (Å²) in [7, 11) is 0. The van der Waals surface area contributed by atoms with Crippen molar-refractivity contribution < 1.29 is 18.4 Å². The minimum atomic E-state index is -0.336. The molecule has 2 amide bonds. The molecular formula is C24H23FN2O3. The molecule has 0 atom stereocenters. The number of amides is 2. The van der Waals surface area contributed by atoms with Gasteiger partial charge in [0.15, 0.2) is 0 Å². The SMILES string of the molecule is O=C(CCc1ccc(-c2ccccc2F)o1)N1CCN(C(=O)c2ccccc2)CC1. The van der Waals surface area contributed by atoms with E-state index >= 15 is 0 Å². The summed E-state index contributed by atoms with van der Waals surface area (Å²) in [4.78, 5) is 28.7. The Morgan fingerprint density at radius 1 is 0.833 bits per heavy atom. The zero-order valence-electron chi connectivity index (χ0n) is 16.6. The smallest absolute Gasteiger partial charge is 0.253 e. The third-order valence-corrected chi connectivity index (χ3v) is 5.33. The molecule has 2 heterocycles. The van der Waals surface area contributed by atoms with Gasteiger partial charge in [-0.15, -0.1) is 0 Å². The second-order valence-corrected chi connectivity index (χ2v) is 7.28. The molecule has 0 unspecified atom stereocenters. The van der Waals surface area contributed by atoms with Crippen LogP contribution in [0.3, 0.4) is 0 Å². The topological polar surface area (TPSA) is 53.8 Å². The largest absolute Gasteiger partial charge is 0.461 e. The van der Waals surface area contributed by atoms with Gasteiger partial charge in [0.2, 0.25) is 5.91 Å². The minimum absolute atomic E-state index is 0.000965. The molecule has 0 aliphatic carbocycles. The van der Waals surface area contributed by atoms with Crippen LogP contribution in [-0.4, -0.2) is 47.8 Å². The van der Waals surface area contributed by atoms with Crippen LogP contribution < -0.4 is 0 Å². The highest BCUT2D eigenvalue weighted by Gasteiger charge is 2.24. The summed E-state index contributed by atoms with van der Waals surface area (Å²) in [6, 6.07) is 19.1. The molecule has 0 spiro atoms. The number of nitrogens with zero attached hydrogens (tertiary/aromatic N) is 2. The van der Waals surface area contributed by atoms with E-state index in [-0.39, 0.29) is 17.6 Å². The number of rotatable bonds is 5. The van der Waals surface area contributed by atoms with Gasteiger partial charge in [-0.25, -0.2) is 4.39 Å². The summed E-state index contributed by atoms with van der Waals surface area (Å²) in [5.41, 5.74) is 1.08. The van der Waals surface area contributed by atoms with E-state index in [0.29, 0.717) is 61.7 Å². The summed E-state index contributed by atoms with van der Waals surface area (Å²) in [5.74, 6) is 0.810. The molecular weight excluding hydrogens is 383 g/mol. The Hall–Kier alpha value is -3.41. The molecule has 6 heteroatoms. The van der Waals surface area contributed by atoms with Crippen LogP contribution in [0.15, 0.2) is 71.1 Å². The highest BCUT2D eigenvalue weighted by Crippen LogP contribution is 2.25. The predicted molar refractivity (Wildman–Crippen MR) is 111 cm³/mol. The quantitative estimate of drug-likeness (QED) is 0.644. The molecule has 0 N–H and O–H groups in total. The van der Waals surface area contributed by atoms with Gasteiger partial charge in [0.1, 0.15) is 17.3 Å². The highest BCUT2D eigenvalue weighted by atomic mass is 19.1. The average molecular weight is 406 g/mol. The van der Waals surface area contributed by atoms with E-state index in [9.17, 15) is 14.0 Å². The van der Waals surface area contributed by atoms with Crippen molar-refractivity contribution in [1.29, 1.82) is 0 Å². The molecule has 1 aliphatic heterocycles. The zero-order valence-corrected chi connectivity index (χ0v) is 16.6. The molecule has 30 heavy (non-hydrogen) atoms.